The van der Waals surface area contributed by atoms with Crippen molar-refractivity contribution in [2.45, 2.75) is 45.7 Å². The van der Waals surface area contributed by atoms with Gasteiger partial charge in [-0.3, -0.25) is 9.59 Å². The van der Waals surface area contributed by atoms with Crippen LogP contribution in [0.4, 0.5) is 5.69 Å². The van der Waals surface area contributed by atoms with Crippen LogP contribution in [0.5, 0.6) is 0 Å². The van der Waals surface area contributed by atoms with E-state index in [-0.39, 0.29) is 24.3 Å². The Morgan fingerprint density at radius 1 is 1.25 bits per heavy atom. The van der Waals surface area contributed by atoms with E-state index in [1.54, 1.807) is 12.1 Å². The SMILES string of the molecule is CCC(C)C(C)NC1CC(=O)N(c2ccccc2)C1=O. The van der Waals surface area contributed by atoms with Gasteiger partial charge < -0.3 is 5.32 Å². The molecule has 0 saturated carbocycles. The maximum atomic E-state index is 12.4. The summed E-state index contributed by atoms with van der Waals surface area (Å²) >= 11 is 0. The molecule has 0 radical (unpaired) electrons. The lowest BCUT2D eigenvalue weighted by Gasteiger charge is -2.23. The Hall–Kier alpha value is -1.68. The van der Waals surface area contributed by atoms with Crippen molar-refractivity contribution in [2.24, 2.45) is 5.92 Å². The van der Waals surface area contributed by atoms with Gasteiger partial charge >= 0.3 is 0 Å². The van der Waals surface area contributed by atoms with Crippen LogP contribution in [0.15, 0.2) is 30.3 Å². The molecule has 1 N–H and O–H groups in total. The fourth-order valence-corrected chi connectivity index (χ4v) is 2.45. The molecule has 0 bridgehead atoms. The van der Waals surface area contributed by atoms with Crippen LogP contribution >= 0.6 is 0 Å². The average molecular weight is 274 g/mol. The van der Waals surface area contributed by atoms with Crippen molar-refractivity contribution in [2.75, 3.05) is 4.90 Å². The van der Waals surface area contributed by atoms with Gasteiger partial charge in [-0.05, 0) is 25.0 Å². The third-order valence-corrected chi connectivity index (χ3v) is 4.12. The zero-order chi connectivity index (χ0) is 14.7. The van der Waals surface area contributed by atoms with Crippen LogP contribution in [-0.2, 0) is 9.59 Å². The molecule has 1 aliphatic heterocycles. The number of hydrogen-bond donors (Lipinski definition) is 1. The summed E-state index contributed by atoms with van der Waals surface area (Å²) in [5, 5.41) is 3.30. The molecule has 0 aromatic heterocycles. The summed E-state index contributed by atoms with van der Waals surface area (Å²) in [6.07, 6.45) is 1.29. The minimum Gasteiger partial charge on any atom is -0.303 e. The van der Waals surface area contributed by atoms with E-state index in [0.29, 0.717) is 11.6 Å². The number of anilines is 1. The van der Waals surface area contributed by atoms with E-state index in [4.69, 9.17) is 0 Å². The van der Waals surface area contributed by atoms with Crippen molar-refractivity contribution in [3.05, 3.63) is 30.3 Å². The summed E-state index contributed by atoms with van der Waals surface area (Å²) in [5.41, 5.74) is 0.656. The number of nitrogens with one attached hydrogen (secondary N) is 1. The molecule has 1 fully saturated rings. The van der Waals surface area contributed by atoms with Crippen LogP contribution in [0.25, 0.3) is 0 Å². The molecule has 1 aliphatic rings. The predicted octanol–water partition coefficient (Wildman–Crippen LogP) is 2.34. The first-order valence-electron chi connectivity index (χ1n) is 7.22. The molecule has 0 aliphatic carbocycles. The third kappa shape index (κ3) is 2.90. The van der Waals surface area contributed by atoms with Crippen LogP contribution in [0, 0.1) is 5.92 Å². The second kappa shape index (κ2) is 6.18. The van der Waals surface area contributed by atoms with Crippen LogP contribution in [0.1, 0.15) is 33.6 Å². The highest BCUT2D eigenvalue weighted by atomic mass is 16.2. The van der Waals surface area contributed by atoms with Gasteiger partial charge in [0.1, 0.15) is 0 Å². The molecule has 108 valence electrons. The van der Waals surface area contributed by atoms with Gasteiger partial charge in [0.05, 0.1) is 18.2 Å². The summed E-state index contributed by atoms with van der Waals surface area (Å²) in [7, 11) is 0. The van der Waals surface area contributed by atoms with E-state index in [0.717, 1.165) is 6.42 Å². The summed E-state index contributed by atoms with van der Waals surface area (Å²) in [6, 6.07) is 8.93. The second-order valence-corrected chi connectivity index (χ2v) is 5.50. The molecule has 1 heterocycles. The Kier molecular flexibility index (Phi) is 4.55. The number of rotatable bonds is 5. The number of para-hydroxylation sites is 1. The molecule has 0 spiro atoms. The van der Waals surface area contributed by atoms with Gasteiger partial charge in [0.2, 0.25) is 5.91 Å². The molecular weight excluding hydrogens is 252 g/mol. The first kappa shape index (κ1) is 14.7. The fraction of sp³-hybridized carbons (Fsp3) is 0.500. The maximum Gasteiger partial charge on any atom is 0.251 e. The van der Waals surface area contributed by atoms with Gasteiger partial charge in [-0.1, -0.05) is 38.5 Å². The highest BCUT2D eigenvalue weighted by molar-refractivity contribution is 6.22. The largest absolute Gasteiger partial charge is 0.303 e. The number of amides is 2. The van der Waals surface area contributed by atoms with E-state index in [1.807, 2.05) is 18.2 Å². The summed E-state index contributed by atoms with van der Waals surface area (Å²) in [5.74, 6) is 0.204. The van der Waals surface area contributed by atoms with Crippen LogP contribution in [0.2, 0.25) is 0 Å². The van der Waals surface area contributed by atoms with Crippen molar-refractivity contribution in [3.63, 3.8) is 0 Å². The van der Waals surface area contributed by atoms with Crippen molar-refractivity contribution < 1.29 is 9.59 Å². The molecule has 2 rings (SSSR count). The Balaban J connectivity index is 2.09. The van der Waals surface area contributed by atoms with Crippen LogP contribution < -0.4 is 10.2 Å². The quantitative estimate of drug-likeness (QED) is 0.838. The molecule has 4 nitrogen and oxygen atoms in total. The second-order valence-electron chi connectivity index (χ2n) is 5.50. The van der Waals surface area contributed by atoms with Crippen molar-refractivity contribution >= 4 is 17.5 Å². The van der Waals surface area contributed by atoms with Gasteiger partial charge in [-0.2, -0.15) is 0 Å². The Morgan fingerprint density at radius 2 is 1.90 bits per heavy atom. The van der Waals surface area contributed by atoms with Gasteiger partial charge in [0.15, 0.2) is 0 Å². The topological polar surface area (TPSA) is 49.4 Å². The monoisotopic (exact) mass is 274 g/mol. The minimum absolute atomic E-state index is 0.130. The minimum atomic E-state index is -0.397. The molecule has 20 heavy (non-hydrogen) atoms. The average Bonchev–Trinajstić information content (AvgIpc) is 2.73. The zero-order valence-electron chi connectivity index (χ0n) is 12.3. The molecule has 1 aromatic carbocycles. The van der Waals surface area contributed by atoms with Crippen LogP contribution in [0.3, 0.4) is 0 Å². The number of carbonyl (C=O) groups is 2. The van der Waals surface area contributed by atoms with Crippen molar-refractivity contribution in [1.29, 1.82) is 0 Å². The van der Waals surface area contributed by atoms with E-state index in [1.165, 1.54) is 4.90 Å². The Bertz CT molecular complexity index is 487. The van der Waals surface area contributed by atoms with Gasteiger partial charge in [0, 0.05) is 6.04 Å². The molecule has 3 unspecified atom stereocenters. The molecule has 1 saturated heterocycles. The third-order valence-electron chi connectivity index (χ3n) is 4.12. The van der Waals surface area contributed by atoms with E-state index in [9.17, 15) is 9.59 Å². The number of benzene rings is 1. The normalized spacial score (nSPS) is 22.1. The number of nitrogens with zero attached hydrogens (tertiary/aromatic N) is 1. The Labute approximate surface area is 120 Å². The summed E-state index contributed by atoms with van der Waals surface area (Å²) < 4.78 is 0. The van der Waals surface area contributed by atoms with Gasteiger partial charge in [-0.15, -0.1) is 0 Å². The fourth-order valence-electron chi connectivity index (χ4n) is 2.45. The van der Waals surface area contributed by atoms with Crippen LogP contribution in [-0.4, -0.2) is 23.9 Å². The van der Waals surface area contributed by atoms with Crippen molar-refractivity contribution in [1.82, 2.24) is 5.32 Å². The number of carbonyl (C=O) groups excluding carboxylic acids is 2. The highest BCUT2D eigenvalue weighted by Gasteiger charge is 2.40. The maximum absolute atomic E-state index is 12.4. The van der Waals surface area contributed by atoms with E-state index < -0.39 is 6.04 Å². The zero-order valence-corrected chi connectivity index (χ0v) is 12.3. The molecular formula is C16H22N2O2. The molecule has 4 heteroatoms. The van der Waals surface area contributed by atoms with Gasteiger partial charge in [0.25, 0.3) is 5.91 Å². The lowest BCUT2D eigenvalue weighted by Crippen LogP contribution is -2.45. The number of imide groups is 1. The Morgan fingerprint density at radius 3 is 2.50 bits per heavy atom. The molecule has 3 atom stereocenters. The van der Waals surface area contributed by atoms with E-state index in [2.05, 4.69) is 26.1 Å². The van der Waals surface area contributed by atoms with Gasteiger partial charge in [-0.25, -0.2) is 4.90 Å². The summed E-state index contributed by atoms with van der Waals surface area (Å²) in [4.78, 5) is 25.8. The summed E-state index contributed by atoms with van der Waals surface area (Å²) in [6.45, 7) is 6.34. The highest BCUT2D eigenvalue weighted by Crippen LogP contribution is 2.23. The first-order valence-corrected chi connectivity index (χ1v) is 7.22. The van der Waals surface area contributed by atoms with E-state index >= 15 is 0 Å². The molecule has 2 amide bonds. The lowest BCUT2D eigenvalue weighted by atomic mass is 10.00. The lowest BCUT2D eigenvalue weighted by molar-refractivity contribution is -0.121. The molecule has 1 aromatic rings. The van der Waals surface area contributed by atoms with Crippen molar-refractivity contribution in [3.8, 4) is 0 Å². The standard InChI is InChI=1S/C16H22N2O2/c1-4-11(2)12(3)17-14-10-15(19)18(16(14)20)13-8-6-5-7-9-13/h5-9,11-12,14,17H,4,10H2,1-3H3. The number of hydrogen-bond acceptors (Lipinski definition) is 3. The smallest absolute Gasteiger partial charge is 0.251 e. The first-order chi connectivity index (χ1) is 9.54. The predicted molar refractivity (Wildman–Crippen MR) is 79.4 cm³/mol.